The molecule has 0 unspecified atom stereocenters. The molecule has 0 atom stereocenters. The Morgan fingerprint density at radius 2 is 2.19 bits per heavy atom. The molecule has 0 aliphatic carbocycles. The monoisotopic (exact) mass is 285 g/mol. The van der Waals surface area contributed by atoms with E-state index in [0.717, 1.165) is 0 Å². The van der Waals surface area contributed by atoms with Gasteiger partial charge in [0.25, 0.3) is 5.91 Å². The minimum Gasteiger partial charge on any atom is -0.484 e. The van der Waals surface area contributed by atoms with Crippen molar-refractivity contribution in [1.82, 2.24) is 9.38 Å². The van der Waals surface area contributed by atoms with Gasteiger partial charge in [-0.05, 0) is 24.3 Å². The lowest BCUT2D eigenvalue weighted by Crippen LogP contribution is -2.20. The molecule has 0 radical (unpaired) electrons. The van der Waals surface area contributed by atoms with Crippen molar-refractivity contribution in [1.29, 1.82) is 0 Å². The zero-order valence-electron chi connectivity index (χ0n) is 11.0. The van der Waals surface area contributed by atoms with Crippen molar-refractivity contribution in [2.45, 2.75) is 0 Å². The summed E-state index contributed by atoms with van der Waals surface area (Å²) in [5, 5.41) is 2.71. The number of fused-ring (bicyclic) bond motifs is 1. The molecule has 1 aromatic carbocycles. The van der Waals surface area contributed by atoms with Crippen LogP contribution in [0.4, 0.5) is 10.1 Å². The van der Waals surface area contributed by atoms with Crippen molar-refractivity contribution in [3.05, 3.63) is 60.8 Å². The quantitative estimate of drug-likeness (QED) is 0.801. The summed E-state index contributed by atoms with van der Waals surface area (Å²) in [5.74, 6) is -0.436. The van der Waals surface area contributed by atoms with Gasteiger partial charge in [0.2, 0.25) is 0 Å². The van der Waals surface area contributed by atoms with E-state index in [1.165, 1.54) is 18.2 Å². The number of ether oxygens (including phenoxy) is 1. The van der Waals surface area contributed by atoms with Crippen LogP contribution in [0.3, 0.4) is 0 Å². The van der Waals surface area contributed by atoms with Gasteiger partial charge in [0.05, 0.1) is 5.69 Å². The van der Waals surface area contributed by atoms with E-state index < -0.39 is 5.82 Å². The average Bonchev–Trinajstić information content (AvgIpc) is 2.95. The van der Waals surface area contributed by atoms with Crippen molar-refractivity contribution >= 4 is 17.2 Å². The molecule has 0 bridgehead atoms. The van der Waals surface area contributed by atoms with Crippen molar-refractivity contribution in [2.24, 2.45) is 0 Å². The van der Waals surface area contributed by atoms with Gasteiger partial charge in [-0.15, -0.1) is 0 Å². The van der Waals surface area contributed by atoms with Gasteiger partial charge in [-0.25, -0.2) is 9.37 Å². The Bertz CT molecular complexity index is 785. The molecule has 0 aliphatic heterocycles. The summed E-state index contributed by atoms with van der Waals surface area (Å²) in [5.41, 5.74) is 1.24. The Morgan fingerprint density at radius 3 is 3.05 bits per heavy atom. The van der Waals surface area contributed by atoms with E-state index in [4.69, 9.17) is 4.74 Å². The predicted molar refractivity (Wildman–Crippen MR) is 75.7 cm³/mol. The third-order valence-corrected chi connectivity index (χ3v) is 2.86. The molecule has 2 heterocycles. The predicted octanol–water partition coefficient (Wildman–Crippen LogP) is 2.49. The molecule has 0 saturated heterocycles. The highest BCUT2D eigenvalue weighted by molar-refractivity contribution is 5.95. The number of imidazole rings is 1. The summed E-state index contributed by atoms with van der Waals surface area (Å²) in [6.07, 6.45) is 5.27. The molecule has 3 rings (SSSR count). The third kappa shape index (κ3) is 3.00. The van der Waals surface area contributed by atoms with E-state index >= 15 is 0 Å². The number of carbonyl (C=O) groups excluding carboxylic acids is 1. The number of aromatic nitrogens is 2. The minimum absolute atomic E-state index is 0.203. The van der Waals surface area contributed by atoms with Gasteiger partial charge in [-0.3, -0.25) is 4.79 Å². The van der Waals surface area contributed by atoms with Gasteiger partial charge in [0.1, 0.15) is 11.6 Å². The molecule has 6 heteroatoms. The molecule has 0 fully saturated rings. The Labute approximate surface area is 120 Å². The first kappa shape index (κ1) is 13.1. The number of benzene rings is 1. The second-order valence-corrected chi connectivity index (χ2v) is 4.37. The van der Waals surface area contributed by atoms with Gasteiger partial charge in [0.15, 0.2) is 12.3 Å². The molecule has 3 aromatic rings. The fraction of sp³-hybridized carbons (Fsp3) is 0.0667. The summed E-state index contributed by atoms with van der Waals surface area (Å²) in [6.45, 7) is -0.203. The topological polar surface area (TPSA) is 55.6 Å². The molecule has 2 aromatic heterocycles. The van der Waals surface area contributed by atoms with Gasteiger partial charge in [-0.1, -0.05) is 6.07 Å². The molecule has 5 nitrogen and oxygen atoms in total. The van der Waals surface area contributed by atoms with Gasteiger partial charge < -0.3 is 14.5 Å². The first-order valence-corrected chi connectivity index (χ1v) is 6.32. The average molecular weight is 285 g/mol. The van der Waals surface area contributed by atoms with E-state index in [1.807, 2.05) is 6.20 Å². The van der Waals surface area contributed by atoms with Crippen LogP contribution in [0.2, 0.25) is 0 Å². The smallest absolute Gasteiger partial charge is 0.262 e. The van der Waals surface area contributed by atoms with Crippen LogP contribution in [-0.4, -0.2) is 21.9 Å². The van der Waals surface area contributed by atoms with E-state index in [1.54, 1.807) is 35.0 Å². The standard InChI is InChI=1S/C15H12FN3O2/c16-11-3-1-4-12(9-11)21-10-14(20)18-13-5-2-7-19-8-6-17-15(13)19/h1-9H,10H2,(H,18,20). The summed E-state index contributed by atoms with van der Waals surface area (Å²) in [6, 6.07) is 9.20. The Morgan fingerprint density at radius 1 is 1.29 bits per heavy atom. The molecule has 0 aliphatic rings. The largest absolute Gasteiger partial charge is 0.484 e. The second kappa shape index (κ2) is 5.62. The fourth-order valence-corrected chi connectivity index (χ4v) is 1.94. The number of carbonyl (C=O) groups is 1. The van der Waals surface area contributed by atoms with E-state index in [0.29, 0.717) is 17.1 Å². The van der Waals surface area contributed by atoms with Crippen LogP contribution in [-0.2, 0) is 4.79 Å². The highest BCUT2D eigenvalue weighted by Crippen LogP contribution is 2.15. The first-order valence-electron chi connectivity index (χ1n) is 6.32. The number of anilines is 1. The Kier molecular flexibility index (Phi) is 3.51. The number of hydrogen-bond donors (Lipinski definition) is 1. The molecule has 106 valence electrons. The number of amides is 1. The number of hydrogen-bond acceptors (Lipinski definition) is 3. The van der Waals surface area contributed by atoms with Crippen LogP contribution in [0.25, 0.3) is 5.65 Å². The summed E-state index contributed by atoms with van der Waals surface area (Å²) in [7, 11) is 0. The Hall–Kier alpha value is -2.89. The number of halogens is 1. The maximum atomic E-state index is 13.0. The van der Waals surface area contributed by atoms with Gasteiger partial charge in [0, 0.05) is 24.7 Å². The maximum absolute atomic E-state index is 13.0. The van der Waals surface area contributed by atoms with Crippen molar-refractivity contribution in [2.75, 3.05) is 11.9 Å². The van der Waals surface area contributed by atoms with Crippen LogP contribution in [0.1, 0.15) is 0 Å². The number of nitrogens with one attached hydrogen (secondary N) is 1. The molecule has 0 spiro atoms. The molecule has 0 saturated carbocycles. The third-order valence-electron chi connectivity index (χ3n) is 2.86. The molecule has 21 heavy (non-hydrogen) atoms. The van der Waals surface area contributed by atoms with E-state index in [9.17, 15) is 9.18 Å². The molecule has 1 amide bonds. The van der Waals surface area contributed by atoms with Crippen LogP contribution >= 0.6 is 0 Å². The van der Waals surface area contributed by atoms with Crippen molar-refractivity contribution in [3.63, 3.8) is 0 Å². The number of pyridine rings is 1. The zero-order chi connectivity index (χ0) is 14.7. The SMILES string of the molecule is O=C(COc1cccc(F)c1)Nc1cccn2ccnc12. The van der Waals surface area contributed by atoms with Crippen molar-refractivity contribution in [3.8, 4) is 5.75 Å². The number of rotatable bonds is 4. The normalized spacial score (nSPS) is 10.5. The molecule has 1 N–H and O–H groups in total. The zero-order valence-corrected chi connectivity index (χ0v) is 11.0. The summed E-state index contributed by atoms with van der Waals surface area (Å²) < 4.78 is 20.0. The van der Waals surface area contributed by atoms with Gasteiger partial charge in [-0.2, -0.15) is 0 Å². The van der Waals surface area contributed by atoms with E-state index in [2.05, 4.69) is 10.3 Å². The van der Waals surface area contributed by atoms with Crippen LogP contribution in [0.5, 0.6) is 5.75 Å². The lowest BCUT2D eigenvalue weighted by molar-refractivity contribution is -0.118. The minimum atomic E-state index is -0.407. The Balaban J connectivity index is 1.65. The lowest BCUT2D eigenvalue weighted by atomic mass is 10.3. The van der Waals surface area contributed by atoms with Crippen LogP contribution < -0.4 is 10.1 Å². The molecular formula is C15H12FN3O2. The van der Waals surface area contributed by atoms with Crippen molar-refractivity contribution < 1.29 is 13.9 Å². The second-order valence-electron chi connectivity index (χ2n) is 4.37. The summed E-state index contributed by atoms with van der Waals surface area (Å²) in [4.78, 5) is 16.0. The lowest BCUT2D eigenvalue weighted by Gasteiger charge is -2.08. The van der Waals surface area contributed by atoms with Gasteiger partial charge >= 0.3 is 0 Å². The van der Waals surface area contributed by atoms with Crippen LogP contribution in [0.15, 0.2) is 55.0 Å². The summed E-state index contributed by atoms with van der Waals surface area (Å²) >= 11 is 0. The number of nitrogens with zero attached hydrogens (tertiary/aromatic N) is 2. The highest BCUT2D eigenvalue weighted by atomic mass is 19.1. The highest BCUT2D eigenvalue weighted by Gasteiger charge is 2.08. The maximum Gasteiger partial charge on any atom is 0.262 e. The van der Waals surface area contributed by atoms with Crippen LogP contribution in [0, 0.1) is 5.82 Å². The molecular weight excluding hydrogens is 273 g/mol. The first-order chi connectivity index (χ1) is 10.2. The fourth-order valence-electron chi connectivity index (χ4n) is 1.94. The van der Waals surface area contributed by atoms with E-state index in [-0.39, 0.29) is 12.5 Å².